The van der Waals surface area contributed by atoms with Gasteiger partial charge in [0, 0.05) is 12.2 Å². The van der Waals surface area contributed by atoms with Crippen molar-refractivity contribution in [3.63, 3.8) is 0 Å². The maximum atomic E-state index is 12.0. The topological polar surface area (TPSA) is 50.8 Å². The van der Waals surface area contributed by atoms with E-state index in [1.807, 2.05) is 24.3 Å². The molecule has 0 aliphatic carbocycles. The Morgan fingerprint density at radius 2 is 1.50 bits per heavy atom. The van der Waals surface area contributed by atoms with E-state index in [4.69, 9.17) is 9.47 Å². The molecule has 0 aromatic heterocycles. The van der Waals surface area contributed by atoms with Crippen LogP contribution < -0.4 is 10.1 Å². The van der Waals surface area contributed by atoms with Gasteiger partial charge >= 0.3 is 6.09 Å². The molecule has 1 N–H and O–H groups in total. The molecule has 0 saturated carbocycles. The molecule has 1 aromatic carbocycles. The quantitative estimate of drug-likeness (QED) is 0.344. The van der Waals surface area contributed by atoms with Crippen molar-refractivity contribution in [2.75, 3.05) is 38.2 Å². The molecule has 0 bridgehead atoms. The summed E-state index contributed by atoms with van der Waals surface area (Å²) in [7, 11) is 0. The molecular weight excluding hydrogens is 376 g/mol. The number of benzene rings is 1. The molecular formula is C25H42N2O3. The van der Waals surface area contributed by atoms with Crippen LogP contribution >= 0.6 is 0 Å². The largest absolute Gasteiger partial charge is 0.494 e. The Bertz CT molecular complexity index is 554. The van der Waals surface area contributed by atoms with Crippen LogP contribution in [0.1, 0.15) is 84.0 Å². The van der Waals surface area contributed by atoms with Gasteiger partial charge in [-0.1, -0.05) is 64.7 Å². The molecule has 1 saturated heterocycles. The van der Waals surface area contributed by atoms with E-state index in [1.54, 1.807) is 0 Å². The molecule has 1 aliphatic rings. The van der Waals surface area contributed by atoms with Gasteiger partial charge in [-0.3, -0.25) is 10.2 Å². The third-order valence-corrected chi connectivity index (χ3v) is 5.71. The van der Waals surface area contributed by atoms with Gasteiger partial charge in [-0.25, -0.2) is 4.79 Å². The SMILES string of the molecule is CCCCCCCCCCOc1ccc(NC(=O)OCCN2CCCCCC2)cc1. The summed E-state index contributed by atoms with van der Waals surface area (Å²) in [4.78, 5) is 14.4. The van der Waals surface area contributed by atoms with Gasteiger partial charge in [-0.05, 0) is 56.6 Å². The number of rotatable bonds is 14. The molecule has 0 spiro atoms. The molecule has 0 atom stereocenters. The Morgan fingerprint density at radius 3 is 2.17 bits per heavy atom. The summed E-state index contributed by atoms with van der Waals surface area (Å²) in [6.07, 6.45) is 15.1. The minimum absolute atomic E-state index is 0.391. The number of carbonyl (C=O) groups is 1. The van der Waals surface area contributed by atoms with Crippen LogP contribution in [-0.2, 0) is 4.74 Å². The fourth-order valence-electron chi connectivity index (χ4n) is 3.84. The van der Waals surface area contributed by atoms with Crippen molar-refractivity contribution in [1.82, 2.24) is 4.90 Å². The zero-order chi connectivity index (χ0) is 21.3. The molecule has 2 rings (SSSR count). The molecule has 1 aromatic rings. The molecule has 0 radical (unpaired) electrons. The van der Waals surface area contributed by atoms with Gasteiger partial charge in [0.2, 0.25) is 0 Å². The number of nitrogens with one attached hydrogen (secondary N) is 1. The average molecular weight is 419 g/mol. The number of likely N-dealkylation sites (tertiary alicyclic amines) is 1. The second-order valence-corrected chi connectivity index (χ2v) is 8.36. The summed E-state index contributed by atoms with van der Waals surface area (Å²) in [6.45, 7) is 6.49. The minimum Gasteiger partial charge on any atom is -0.494 e. The number of carbonyl (C=O) groups excluding carboxylic acids is 1. The number of hydrogen-bond acceptors (Lipinski definition) is 4. The maximum absolute atomic E-state index is 12.0. The zero-order valence-electron chi connectivity index (χ0n) is 19.0. The predicted octanol–water partition coefficient (Wildman–Crippen LogP) is 6.63. The molecule has 0 unspecified atom stereocenters. The Labute approximate surface area is 183 Å². The molecule has 30 heavy (non-hydrogen) atoms. The van der Waals surface area contributed by atoms with Gasteiger partial charge < -0.3 is 9.47 Å². The van der Waals surface area contributed by atoms with Crippen LogP contribution in [0, 0.1) is 0 Å². The lowest BCUT2D eigenvalue weighted by Crippen LogP contribution is -2.30. The molecule has 1 aliphatic heterocycles. The van der Waals surface area contributed by atoms with Crippen molar-refractivity contribution in [2.24, 2.45) is 0 Å². The summed E-state index contributed by atoms with van der Waals surface area (Å²) in [5.74, 6) is 0.845. The van der Waals surface area contributed by atoms with Gasteiger partial charge in [-0.2, -0.15) is 0 Å². The van der Waals surface area contributed by atoms with Crippen molar-refractivity contribution in [1.29, 1.82) is 0 Å². The number of anilines is 1. The zero-order valence-corrected chi connectivity index (χ0v) is 19.0. The number of unbranched alkanes of at least 4 members (excludes halogenated alkanes) is 7. The van der Waals surface area contributed by atoms with E-state index in [0.717, 1.165) is 44.1 Å². The molecule has 5 heteroatoms. The number of nitrogens with zero attached hydrogens (tertiary/aromatic N) is 1. The second kappa shape index (κ2) is 16.0. The molecule has 1 fully saturated rings. The fraction of sp³-hybridized carbons (Fsp3) is 0.720. The minimum atomic E-state index is -0.391. The molecule has 1 amide bonds. The first-order valence-electron chi connectivity index (χ1n) is 12.2. The summed E-state index contributed by atoms with van der Waals surface area (Å²) in [5, 5.41) is 2.79. The van der Waals surface area contributed by atoms with Crippen LogP contribution in [0.2, 0.25) is 0 Å². The van der Waals surface area contributed by atoms with Gasteiger partial charge in [-0.15, -0.1) is 0 Å². The number of hydrogen-bond donors (Lipinski definition) is 1. The summed E-state index contributed by atoms with van der Waals surface area (Å²) in [6, 6.07) is 7.52. The monoisotopic (exact) mass is 418 g/mol. The molecule has 5 nitrogen and oxygen atoms in total. The number of amides is 1. The van der Waals surface area contributed by atoms with E-state index in [1.165, 1.54) is 70.6 Å². The fourth-order valence-corrected chi connectivity index (χ4v) is 3.84. The van der Waals surface area contributed by atoms with E-state index in [9.17, 15) is 4.79 Å². The van der Waals surface area contributed by atoms with Crippen molar-refractivity contribution in [2.45, 2.75) is 84.0 Å². The predicted molar refractivity (Wildman–Crippen MR) is 124 cm³/mol. The Balaban J connectivity index is 1.51. The first-order valence-corrected chi connectivity index (χ1v) is 12.2. The van der Waals surface area contributed by atoms with Crippen molar-refractivity contribution < 1.29 is 14.3 Å². The maximum Gasteiger partial charge on any atom is 0.411 e. The van der Waals surface area contributed by atoms with Gasteiger partial charge in [0.05, 0.1) is 6.61 Å². The third-order valence-electron chi connectivity index (χ3n) is 5.71. The summed E-state index contributed by atoms with van der Waals surface area (Å²) < 4.78 is 11.1. The van der Waals surface area contributed by atoms with Gasteiger partial charge in [0.15, 0.2) is 0 Å². The van der Waals surface area contributed by atoms with E-state index in [0.29, 0.717) is 6.61 Å². The van der Waals surface area contributed by atoms with E-state index < -0.39 is 6.09 Å². The van der Waals surface area contributed by atoms with E-state index in [-0.39, 0.29) is 0 Å². The summed E-state index contributed by atoms with van der Waals surface area (Å²) in [5.41, 5.74) is 0.731. The van der Waals surface area contributed by atoms with E-state index in [2.05, 4.69) is 17.1 Å². The lowest BCUT2D eigenvalue weighted by Gasteiger charge is -2.19. The first kappa shape index (κ1) is 24.5. The molecule has 170 valence electrons. The highest BCUT2D eigenvalue weighted by atomic mass is 16.5. The Hall–Kier alpha value is -1.75. The summed E-state index contributed by atoms with van der Waals surface area (Å²) >= 11 is 0. The first-order chi connectivity index (χ1) is 14.8. The van der Waals surface area contributed by atoms with Crippen LogP contribution in [0.25, 0.3) is 0 Å². The van der Waals surface area contributed by atoms with Crippen LogP contribution in [0.5, 0.6) is 5.75 Å². The van der Waals surface area contributed by atoms with Gasteiger partial charge in [0.1, 0.15) is 12.4 Å². The second-order valence-electron chi connectivity index (χ2n) is 8.36. The lowest BCUT2D eigenvalue weighted by molar-refractivity contribution is 0.140. The highest BCUT2D eigenvalue weighted by Gasteiger charge is 2.10. The normalized spacial score (nSPS) is 14.8. The Morgan fingerprint density at radius 1 is 0.867 bits per heavy atom. The van der Waals surface area contributed by atoms with Crippen molar-refractivity contribution in [3.05, 3.63) is 24.3 Å². The van der Waals surface area contributed by atoms with Gasteiger partial charge in [0.25, 0.3) is 0 Å². The standard InChI is InChI=1S/C25H42N2O3/c1-2-3-4-5-6-7-10-13-21-29-24-16-14-23(15-17-24)26-25(28)30-22-20-27-18-11-8-9-12-19-27/h14-17H,2-13,18-22H2,1H3,(H,26,28). The van der Waals surface area contributed by atoms with E-state index >= 15 is 0 Å². The van der Waals surface area contributed by atoms with Crippen LogP contribution in [0.4, 0.5) is 10.5 Å². The van der Waals surface area contributed by atoms with Crippen LogP contribution in [0.3, 0.4) is 0 Å². The van der Waals surface area contributed by atoms with Crippen molar-refractivity contribution in [3.8, 4) is 5.75 Å². The molecule has 1 heterocycles. The Kier molecular flexibility index (Phi) is 13.1. The average Bonchev–Trinajstić information content (AvgIpc) is 3.03. The van der Waals surface area contributed by atoms with Crippen LogP contribution in [0.15, 0.2) is 24.3 Å². The van der Waals surface area contributed by atoms with Crippen molar-refractivity contribution >= 4 is 11.8 Å². The van der Waals surface area contributed by atoms with Crippen LogP contribution in [-0.4, -0.2) is 43.8 Å². The highest BCUT2D eigenvalue weighted by Crippen LogP contribution is 2.17. The highest BCUT2D eigenvalue weighted by molar-refractivity contribution is 5.84. The smallest absolute Gasteiger partial charge is 0.411 e. The number of ether oxygens (including phenoxy) is 2. The third kappa shape index (κ3) is 11.4. The lowest BCUT2D eigenvalue weighted by atomic mass is 10.1.